The third-order valence-electron chi connectivity index (χ3n) is 4.18. The Bertz CT molecular complexity index is 1000. The third kappa shape index (κ3) is 5.07. The minimum Gasteiger partial charge on any atom is -0.336 e. The lowest BCUT2D eigenvalue weighted by Crippen LogP contribution is -2.36. The van der Waals surface area contributed by atoms with Gasteiger partial charge in [0.1, 0.15) is 5.03 Å². The van der Waals surface area contributed by atoms with Crippen LogP contribution in [-0.2, 0) is 9.59 Å². The van der Waals surface area contributed by atoms with E-state index in [0.29, 0.717) is 5.69 Å². The van der Waals surface area contributed by atoms with Crippen LogP contribution in [0.3, 0.4) is 0 Å². The largest absolute Gasteiger partial charge is 0.336 e. The fourth-order valence-electron chi connectivity index (χ4n) is 2.59. The van der Waals surface area contributed by atoms with Gasteiger partial charge < -0.3 is 10.2 Å². The zero-order valence-electron chi connectivity index (χ0n) is 16.1. The van der Waals surface area contributed by atoms with E-state index in [1.165, 1.54) is 16.7 Å². The summed E-state index contributed by atoms with van der Waals surface area (Å²) in [6.07, 6.45) is 0. The van der Waals surface area contributed by atoms with Gasteiger partial charge >= 0.3 is 0 Å². The van der Waals surface area contributed by atoms with E-state index in [1.807, 2.05) is 62.4 Å². The maximum atomic E-state index is 12.4. The number of hydrogen-bond acceptors (Lipinski definition) is 5. The highest BCUT2D eigenvalue weighted by molar-refractivity contribution is 7.99. The van der Waals surface area contributed by atoms with E-state index in [0.717, 1.165) is 27.3 Å². The van der Waals surface area contributed by atoms with Crippen LogP contribution >= 0.6 is 11.8 Å². The number of fused-ring (bicyclic) bond motifs is 1. The number of nitrogens with zero attached hydrogens (tertiary/aromatic N) is 3. The summed E-state index contributed by atoms with van der Waals surface area (Å²) in [5.41, 5.74) is 4.26. The van der Waals surface area contributed by atoms with Crippen molar-refractivity contribution in [3.8, 4) is 0 Å². The molecule has 1 aromatic heterocycles. The van der Waals surface area contributed by atoms with E-state index in [-0.39, 0.29) is 24.1 Å². The summed E-state index contributed by atoms with van der Waals surface area (Å²) in [5, 5.41) is 3.52. The van der Waals surface area contributed by atoms with E-state index in [9.17, 15) is 9.59 Å². The fourth-order valence-corrected chi connectivity index (χ4v) is 3.49. The lowest BCUT2D eigenvalue weighted by Gasteiger charge is -2.17. The number of benzene rings is 2. The number of para-hydroxylation sites is 2. The Morgan fingerprint density at radius 2 is 1.64 bits per heavy atom. The van der Waals surface area contributed by atoms with Crippen molar-refractivity contribution in [2.45, 2.75) is 18.9 Å². The highest BCUT2D eigenvalue weighted by Gasteiger charge is 2.15. The molecule has 1 heterocycles. The minimum absolute atomic E-state index is 0.00431. The summed E-state index contributed by atoms with van der Waals surface area (Å²) < 4.78 is 0. The van der Waals surface area contributed by atoms with Gasteiger partial charge in [-0.2, -0.15) is 0 Å². The number of anilines is 1. The predicted molar refractivity (Wildman–Crippen MR) is 112 cm³/mol. The normalized spacial score (nSPS) is 10.7. The Kier molecular flexibility index (Phi) is 6.26. The summed E-state index contributed by atoms with van der Waals surface area (Å²) >= 11 is 1.33. The molecular weight excluding hydrogens is 372 g/mol. The lowest BCUT2D eigenvalue weighted by molar-refractivity contribution is -0.131. The fraction of sp³-hybridized carbons (Fsp3) is 0.238. The van der Waals surface area contributed by atoms with Crippen LogP contribution in [0, 0.1) is 13.8 Å². The molecule has 6 nitrogen and oxygen atoms in total. The standard InChI is InChI=1S/C21H22N4O2S/c1-14-8-10-16(11-9-14)23-19(26)12-25(3)20(27)13-28-21-15(2)22-17-6-4-5-7-18(17)24-21/h4-11H,12-13H2,1-3H3,(H,23,26). The van der Waals surface area contributed by atoms with E-state index in [4.69, 9.17) is 0 Å². The molecule has 1 N–H and O–H groups in total. The first-order valence-electron chi connectivity index (χ1n) is 8.89. The number of rotatable bonds is 6. The SMILES string of the molecule is Cc1ccc(NC(=O)CN(C)C(=O)CSc2nc3ccccc3nc2C)cc1. The van der Waals surface area contributed by atoms with Gasteiger partial charge in [-0.1, -0.05) is 41.6 Å². The summed E-state index contributed by atoms with van der Waals surface area (Å²) in [7, 11) is 1.62. The Hall–Kier alpha value is -2.93. The monoisotopic (exact) mass is 394 g/mol. The van der Waals surface area contributed by atoms with Crippen molar-refractivity contribution in [2.75, 3.05) is 24.7 Å². The van der Waals surface area contributed by atoms with Crippen LogP contribution in [0.1, 0.15) is 11.3 Å². The first-order chi connectivity index (χ1) is 13.4. The van der Waals surface area contributed by atoms with Crippen molar-refractivity contribution in [1.29, 1.82) is 0 Å². The van der Waals surface area contributed by atoms with E-state index in [1.54, 1.807) is 7.05 Å². The van der Waals surface area contributed by atoms with Crippen LogP contribution in [0.15, 0.2) is 53.6 Å². The van der Waals surface area contributed by atoms with Crippen LogP contribution < -0.4 is 5.32 Å². The maximum absolute atomic E-state index is 12.4. The molecule has 0 fully saturated rings. The van der Waals surface area contributed by atoms with Crippen molar-refractivity contribution < 1.29 is 9.59 Å². The molecule has 2 amide bonds. The van der Waals surface area contributed by atoms with Gasteiger partial charge in [0, 0.05) is 12.7 Å². The smallest absolute Gasteiger partial charge is 0.243 e. The van der Waals surface area contributed by atoms with E-state index in [2.05, 4.69) is 15.3 Å². The number of aromatic nitrogens is 2. The number of nitrogens with one attached hydrogen (secondary N) is 1. The number of likely N-dealkylation sites (N-methyl/N-ethyl adjacent to an activating group) is 1. The van der Waals surface area contributed by atoms with Gasteiger partial charge in [0.25, 0.3) is 0 Å². The number of aryl methyl sites for hydroxylation is 2. The van der Waals surface area contributed by atoms with Crippen molar-refractivity contribution in [3.63, 3.8) is 0 Å². The molecule has 0 aliphatic carbocycles. The first-order valence-corrected chi connectivity index (χ1v) is 9.87. The second-order valence-corrected chi connectivity index (χ2v) is 7.52. The molecule has 3 rings (SSSR count). The Labute approximate surface area is 168 Å². The van der Waals surface area contributed by atoms with E-state index >= 15 is 0 Å². The number of hydrogen-bond donors (Lipinski definition) is 1. The number of thioether (sulfide) groups is 1. The molecule has 0 spiro atoms. The molecular formula is C21H22N4O2S. The molecule has 0 aliphatic rings. The van der Waals surface area contributed by atoms with Crippen LogP contribution in [0.2, 0.25) is 0 Å². The van der Waals surface area contributed by atoms with Crippen LogP contribution in [0.5, 0.6) is 0 Å². The second-order valence-electron chi connectivity index (χ2n) is 6.56. The van der Waals surface area contributed by atoms with E-state index < -0.39 is 0 Å². The third-order valence-corrected chi connectivity index (χ3v) is 5.23. The molecule has 0 unspecified atom stereocenters. The minimum atomic E-state index is -0.230. The lowest BCUT2D eigenvalue weighted by atomic mass is 10.2. The first kappa shape index (κ1) is 19.8. The highest BCUT2D eigenvalue weighted by atomic mass is 32.2. The zero-order valence-corrected chi connectivity index (χ0v) is 16.9. The van der Waals surface area contributed by atoms with Gasteiger partial charge in [-0.05, 0) is 38.1 Å². The number of amides is 2. The summed E-state index contributed by atoms with van der Waals surface area (Å²) in [6.45, 7) is 3.86. The van der Waals surface area contributed by atoms with Crippen LogP contribution in [0.25, 0.3) is 11.0 Å². The van der Waals surface area contributed by atoms with Crippen molar-refractivity contribution in [2.24, 2.45) is 0 Å². The Morgan fingerprint density at radius 1 is 1.00 bits per heavy atom. The molecule has 144 valence electrons. The summed E-state index contributed by atoms with van der Waals surface area (Å²) in [6, 6.07) is 15.2. The molecule has 3 aromatic rings. The average molecular weight is 395 g/mol. The van der Waals surface area contributed by atoms with Gasteiger partial charge in [-0.3, -0.25) is 9.59 Å². The molecule has 28 heavy (non-hydrogen) atoms. The van der Waals surface area contributed by atoms with Gasteiger partial charge in [-0.25, -0.2) is 9.97 Å². The van der Waals surface area contributed by atoms with Crippen molar-refractivity contribution in [1.82, 2.24) is 14.9 Å². The van der Waals surface area contributed by atoms with Crippen molar-refractivity contribution in [3.05, 3.63) is 59.8 Å². The highest BCUT2D eigenvalue weighted by Crippen LogP contribution is 2.22. The number of carbonyl (C=O) groups is 2. The zero-order chi connectivity index (χ0) is 20.1. The summed E-state index contributed by atoms with van der Waals surface area (Å²) in [4.78, 5) is 35.1. The molecule has 0 bridgehead atoms. The summed E-state index contributed by atoms with van der Waals surface area (Å²) in [5.74, 6) is -0.174. The maximum Gasteiger partial charge on any atom is 0.243 e. The molecule has 7 heteroatoms. The van der Waals surface area contributed by atoms with Crippen LogP contribution in [0.4, 0.5) is 5.69 Å². The van der Waals surface area contributed by atoms with Gasteiger partial charge in [-0.15, -0.1) is 0 Å². The molecule has 0 saturated carbocycles. The molecule has 0 saturated heterocycles. The number of carbonyl (C=O) groups excluding carboxylic acids is 2. The van der Waals surface area contributed by atoms with Crippen molar-refractivity contribution >= 4 is 40.3 Å². The Balaban J connectivity index is 1.54. The topological polar surface area (TPSA) is 75.2 Å². The molecule has 2 aromatic carbocycles. The van der Waals surface area contributed by atoms with Gasteiger partial charge in [0.15, 0.2) is 0 Å². The molecule has 0 aliphatic heterocycles. The van der Waals surface area contributed by atoms with Gasteiger partial charge in [0.2, 0.25) is 11.8 Å². The average Bonchev–Trinajstić information content (AvgIpc) is 2.67. The van der Waals surface area contributed by atoms with Gasteiger partial charge in [0.05, 0.1) is 29.0 Å². The Morgan fingerprint density at radius 3 is 2.32 bits per heavy atom. The molecule has 0 radical (unpaired) electrons. The predicted octanol–water partition coefficient (Wildman–Crippen LogP) is 3.44. The molecule has 0 atom stereocenters. The van der Waals surface area contributed by atoms with Crippen LogP contribution in [-0.4, -0.2) is 46.0 Å². The second kappa shape index (κ2) is 8.84. The quantitative estimate of drug-likeness (QED) is 0.648.